The van der Waals surface area contributed by atoms with Gasteiger partial charge in [-0.3, -0.25) is 0 Å². The van der Waals surface area contributed by atoms with Crippen LogP contribution in [0.25, 0.3) is 5.70 Å². The topological polar surface area (TPSA) is 99.7 Å². The van der Waals surface area contributed by atoms with Crippen LogP contribution in [0.15, 0.2) is 60.2 Å². The van der Waals surface area contributed by atoms with Crippen LogP contribution in [0.3, 0.4) is 0 Å². The Morgan fingerprint density at radius 2 is 1.79 bits per heavy atom. The number of ether oxygens (including phenoxy) is 2. The van der Waals surface area contributed by atoms with Gasteiger partial charge in [-0.25, -0.2) is 4.79 Å². The van der Waals surface area contributed by atoms with Crippen molar-refractivity contribution in [3.8, 4) is 5.75 Å². The summed E-state index contributed by atoms with van der Waals surface area (Å²) in [5.74, 6) is -1.39. The molecule has 0 saturated heterocycles. The molecule has 2 N–H and O–H groups in total. The SMILES string of the molecule is CCOC(=O)C1=C(c2ccccc2)NC(=S)N[C@@H]1c1ccc(OCC(=O)[O-])cc1. The van der Waals surface area contributed by atoms with Crippen LogP contribution in [0.1, 0.15) is 24.1 Å². The zero-order chi connectivity index (χ0) is 20.8. The van der Waals surface area contributed by atoms with Gasteiger partial charge in [0.15, 0.2) is 5.11 Å². The van der Waals surface area contributed by atoms with Gasteiger partial charge in [-0.15, -0.1) is 0 Å². The fourth-order valence-electron chi connectivity index (χ4n) is 2.97. The molecular weight excluding hydrogens is 392 g/mol. The number of benzene rings is 2. The van der Waals surface area contributed by atoms with Gasteiger partial charge in [0.1, 0.15) is 12.4 Å². The molecule has 0 fully saturated rings. The summed E-state index contributed by atoms with van der Waals surface area (Å²) in [6, 6.07) is 15.5. The molecule has 1 aliphatic heterocycles. The molecule has 2 aromatic rings. The molecule has 1 aliphatic rings. The van der Waals surface area contributed by atoms with Gasteiger partial charge in [0.25, 0.3) is 0 Å². The zero-order valence-electron chi connectivity index (χ0n) is 15.6. The first-order valence-electron chi connectivity index (χ1n) is 8.96. The Hall–Kier alpha value is -3.39. The molecule has 29 heavy (non-hydrogen) atoms. The van der Waals surface area contributed by atoms with E-state index in [1.54, 1.807) is 31.2 Å². The highest BCUT2D eigenvalue weighted by molar-refractivity contribution is 7.80. The first kappa shape index (κ1) is 20.3. The Kier molecular flexibility index (Phi) is 6.46. The van der Waals surface area contributed by atoms with E-state index < -0.39 is 24.6 Å². The van der Waals surface area contributed by atoms with Gasteiger partial charge in [-0.2, -0.15) is 0 Å². The second-order valence-corrected chi connectivity index (χ2v) is 6.54. The highest BCUT2D eigenvalue weighted by atomic mass is 32.1. The second-order valence-electron chi connectivity index (χ2n) is 6.14. The molecule has 3 rings (SSSR count). The minimum absolute atomic E-state index is 0.234. The smallest absolute Gasteiger partial charge is 0.338 e. The number of hydrogen-bond acceptors (Lipinski definition) is 6. The first-order valence-corrected chi connectivity index (χ1v) is 9.37. The first-order chi connectivity index (χ1) is 14.0. The number of carbonyl (C=O) groups excluding carboxylic acids is 2. The number of nitrogens with one attached hydrogen (secondary N) is 2. The van der Waals surface area contributed by atoms with Gasteiger partial charge in [0.2, 0.25) is 0 Å². The Bertz CT molecular complexity index is 941. The van der Waals surface area contributed by atoms with Crippen molar-refractivity contribution in [1.29, 1.82) is 0 Å². The molecular formula is C21H19N2O5S-. The van der Waals surface area contributed by atoms with E-state index in [9.17, 15) is 14.7 Å². The van der Waals surface area contributed by atoms with E-state index in [1.807, 2.05) is 30.3 Å². The number of thiocarbonyl (C=S) groups is 1. The lowest BCUT2D eigenvalue weighted by atomic mass is 9.93. The fourth-order valence-corrected chi connectivity index (χ4v) is 3.19. The minimum atomic E-state index is -1.31. The second kappa shape index (κ2) is 9.20. The largest absolute Gasteiger partial charge is 0.546 e. The van der Waals surface area contributed by atoms with Crippen LogP contribution in [0.4, 0.5) is 0 Å². The summed E-state index contributed by atoms with van der Waals surface area (Å²) in [4.78, 5) is 23.4. The summed E-state index contributed by atoms with van der Waals surface area (Å²) in [6.07, 6.45) is 0. The average Bonchev–Trinajstić information content (AvgIpc) is 2.72. The lowest BCUT2D eigenvalue weighted by molar-refractivity contribution is -0.307. The molecule has 0 unspecified atom stereocenters. The lowest BCUT2D eigenvalue weighted by Gasteiger charge is -2.31. The van der Waals surface area contributed by atoms with E-state index in [4.69, 9.17) is 21.7 Å². The maximum absolute atomic E-state index is 12.8. The third-order valence-electron chi connectivity index (χ3n) is 4.20. The van der Waals surface area contributed by atoms with Crippen molar-refractivity contribution < 1.29 is 24.2 Å². The van der Waals surface area contributed by atoms with E-state index in [0.717, 1.165) is 11.1 Å². The molecule has 7 nitrogen and oxygen atoms in total. The predicted molar refractivity (Wildman–Crippen MR) is 109 cm³/mol. The van der Waals surface area contributed by atoms with Crippen molar-refractivity contribution in [2.24, 2.45) is 0 Å². The average molecular weight is 411 g/mol. The van der Waals surface area contributed by atoms with E-state index in [2.05, 4.69) is 10.6 Å². The van der Waals surface area contributed by atoms with Crippen molar-refractivity contribution in [2.45, 2.75) is 13.0 Å². The number of carboxylic acids is 1. The molecule has 0 spiro atoms. The van der Waals surface area contributed by atoms with Gasteiger partial charge in [-0.05, 0) is 42.4 Å². The highest BCUT2D eigenvalue weighted by Gasteiger charge is 2.33. The van der Waals surface area contributed by atoms with Crippen LogP contribution in [0.5, 0.6) is 5.75 Å². The van der Waals surface area contributed by atoms with Gasteiger partial charge in [-0.1, -0.05) is 42.5 Å². The number of rotatable bonds is 7. The van der Waals surface area contributed by atoms with Crippen LogP contribution >= 0.6 is 12.2 Å². The number of carboxylic acid groups (broad SMARTS) is 1. The normalized spacial score (nSPS) is 15.9. The summed E-state index contributed by atoms with van der Waals surface area (Å²) < 4.78 is 10.4. The summed E-state index contributed by atoms with van der Waals surface area (Å²) in [5.41, 5.74) is 2.52. The quantitative estimate of drug-likeness (QED) is 0.520. The monoisotopic (exact) mass is 411 g/mol. The van der Waals surface area contributed by atoms with Crippen molar-refractivity contribution in [2.75, 3.05) is 13.2 Å². The Morgan fingerprint density at radius 3 is 2.41 bits per heavy atom. The standard InChI is InChI=1S/C21H20N2O5S/c1-2-27-20(26)17-18(13-6-4-3-5-7-13)22-21(29)23-19(17)14-8-10-15(11-9-14)28-12-16(24)25/h3-11,19H,2,12H2,1H3,(H,24,25)(H2,22,23,29)/p-1/t19-/m1/s1. The van der Waals surface area contributed by atoms with Crippen LogP contribution < -0.4 is 20.5 Å². The molecule has 0 amide bonds. The Balaban J connectivity index is 2.02. The van der Waals surface area contributed by atoms with Crippen molar-refractivity contribution in [3.63, 3.8) is 0 Å². The number of esters is 1. The maximum Gasteiger partial charge on any atom is 0.338 e. The van der Waals surface area contributed by atoms with E-state index >= 15 is 0 Å². The number of aliphatic carboxylic acids is 1. The van der Waals surface area contributed by atoms with Crippen LogP contribution in [0.2, 0.25) is 0 Å². The van der Waals surface area contributed by atoms with Gasteiger partial charge >= 0.3 is 5.97 Å². The van der Waals surface area contributed by atoms with Crippen LogP contribution in [-0.2, 0) is 14.3 Å². The number of carbonyl (C=O) groups is 2. The molecule has 150 valence electrons. The van der Waals surface area contributed by atoms with Crippen molar-refractivity contribution in [1.82, 2.24) is 10.6 Å². The minimum Gasteiger partial charge on any atom is -0.546 e. The fraction of sp³-hybridized carbons (Fsp3) is 0.190. The molecule has 0 radical (unpaired) electrons. The molecule has 1 atom stereocenters. The molecule has 0 bridgehead atoms. The molecule has 0 saturated carbocycles. The number of hydrogen-bond donors (Lipinski definition) is 2. The summed E-state index contributed by atoms with van der Waals surface area (Å²) in [7, 11) is 0. The van der Waals surface area contributed by atoms with Crippen LogP contribution in [-0.4, -0.2) is 30.3 Å². The Labute approximate surface area is 173 Å². The van der Waals surface area contributed by atoms with Crippen molar-refractivity contribution in [3.05, 3.63) is 71.3 Å². The van der Waals surface area contributed by atoms with Gasteiger partial charge < -0.3 is 30.0 Å². The van der Waals surface area contributed by atoms with Gasteiger partial charge in [0.05, 0.1) is 29.9 Å². The molecule has 0 aromatic heterocycles. The molecule has 0 aliphatic carbocycles. The van der Waals surface area contributed by atoms with Crippen LogP contribution in [0, 0.1) is 0 Å². The van der Waals surface area contributed by atoms with E-state index in [1.165, 1.54) is 0 Å². The molecule has 2 aromatic carbocycles. The summed E-state index contributed by atoms with van der Waals surface area (Å²) in [6.45, 7) is 1.44. The third-order valence-corrected chi connectivity index (χ3v) is 4.42. The summed E-state index contributed by atoms with van der Waals surface area (Å²) in [5, 5.41) is 17.1. The predicted octanol–water partition coefficient (Wildman–Crippen LogP) is 1.31. The zero-order valence-corrected chi connectivity index (χ0v) is 16.5. The summed E-state index contributed by atoms with van der Waals surface area (Å²) >= 11 is 5.35. The maximum atomic E-state index is 12.8. The highest BCUT2D eigenvalue weighted by Crippen LogP contribution is 2.32. The third kappa shape index (κ3) is 4.91. The lowest BCUT2D eigenvalue weighted by Crippen LogP contribution is -2.45. The molecule has 8 heteroatoms. The van der Waals surface area contributed by atoms with Gasteiger partial charge in [0, 0.05) is 0 Å². The Morgan fingerprint density at radius 1 is 1.10 bits per heavy atom. The van der Waals surface area contributed by atoms with E-state index in [0.29, 0.717) is 22.1 Å². The van der Waals surface area contributed by atoms with E-state index in [-0.39, 0.29) is 6.61 Å². The molecule has 1 heterocycles. The van der Waals surface area contributed by atoms with Crippen molar-refractivity contribution >= 4 is 35.0 Å².